The van der Waals surface area contributed by atoms with Crippen molar-refractivity contribution in [1.82, 2.24) is 20.2 Å². The number of carbonyl (C=O) groups excluding carboxylic acids is 1. The average Bonchev–Trinajstić information content (AvgIpc) is 3.26. The Hall–Kier alpha value is -2.51. The van der Waals surface area contributed by atoms with Crippen molar-refractivity contribution in [2.75, 3.05) is 44.2 Å². The van der Waals surface area contributed by atoms with E-state index in [1.165, 1.54) is 5.56 Å². The van der Waals surface area contributed by atoms with Gasteiger partial charge in [-0.05, 0) is 31.4 Å². The number of hydrogen-bond acceptors (Lipinski definition) is 6. The Morgan fingerprint density at radius 3 is 2.69 bits per heavy atom. The highest BCUT2D eigenvalue weighted by Crippen LogP contribution is 2.15. The van der Waals surface area contributed by atoms with Crippen LogP contribution in [0.5, 0.6) is 0 Å². The van der Waals surface area contributed by atoms with E-state index >= 15 is 0 Å². The second-order valence-electron chi connectivity index (χ2n) is 7.79. The Morgan fingerprint density at radius 2 is 1.97 bits per heavy atom. The summed E-state index contributed by atoms with van der Waals surface area (Å²) < 4.78 is 5.57. The Labute approximate surface area is 172 Å². The zero-order valence-electron chi connectivity index (χ0n) is 17.0. The molecule has 0 radical (unpaired) electrons. The van der Waals surface area contributed by atoms with E-state index in [1.807, 2.05) is 13.0 Å². The summed E-state index contributed by atoms with van der Waals surface area (Å²) in [5.41, 5.74) is 2.57. The highest BCUT2D eigenvalue weighted by atomic mass is 16.5. The SMILES string of the molecule is Cc1cc(C(=O)NCC2CCCO2)nc(N2CCN(Cc3ccccc3)CC2)n1. The van der Waals surface area contributed by atoms with Crippen LogP contribution in [0.2, 0.25) is 0 Å². The van der Waals surface area contributed by atoms with Crippen molar-refractivity contribution in [3.8, 4) is 0 Å². The summed E-state index contributed by atoms with van der Waals surface area (Å²) in [4.78, 5) is 26.3. The van der Waals surface area contributed by atoms with Crippen molar-refractivity contribution >= 4 is 11.9 Å². The standard InChI is InChI=1S/C22H29N5O2/c1-17-14-20(21(28)23-15-19-8-5-13-29-19)25-22(24-17)27-11-9-26(10-12-27)16-18-6-3-2-4-7-18/h2-4,6-7,14,19H,5,8-13,15-16H2,1H3,(H,23,28). The molecular weight excluding hydrogens is 366 g/mol. The van der Waals surface area contributed by atoms with E-state index < -0.39 is 0 Å². The highest BCUT2D eigenvalue weighted by molar-refractivity contribution is 5.92. The summed E-state index contributed by atoms with van der Waals surface area (Å²) in [6.45, 7) is 7.80. The smallest absolute Gasteiger partial charge is 0.270 e. The van der Waals surface area contributed by atoms with Gasteiger partial charge < -0.3 is 15.0 Å². The summed E-state index contributed by atoms with van der Waals surface area (Å²) in [7, 11) is 0. The molecule has 2 saturated heterocycles. The molecule has 1 atom stereocenters. The van der Waals surface area contributed by atoms with Crippen molar-refractivity contribution < 1.29 is 9.53 Å². The number of piperazine rings is 1. The first-order chi connectivity index (χ1) is 14.2. The maximum Gasteiger partial charge on any atom is 0.270 e. The molecule has 7 nitrogen and oxygen atoms in total. The molecular formula is C22H29N5O2. The van der Waals surface area contributed by atoms with Gasteiger partial charge in [-0.2, -0.15) is 0 Å². The van der Waals surface area contributed by atoms with Gasteiger partial charge in [0.2, 0.25) is 5.95 Å². The number of benzene rings is 1. The molecule has 1 unspecified atom stereocenters. The number of ether oxygens (including phenoxy) is 1. The summed E-state index contributed by atoms with van der Waals surface area (Å²) in [6.07, 6.45) is 2.19. The van der Waals surface area contributed by atoms with Crippen molar-refractivity contribution in [1.29, 1.82) is 0 Å². The largest absolute Gasteiger partial charge is 0.376 e. The van der Waals surface area contributed by atoms with E-state index in [2.05, 4.69) is 49.4 Å². The van der Waals surface area contributed by atoms with Crippen LogP contribution < -0.4 is 10.2 Å². The minimum Gasteiger partial charge on any atom is -0.376 e. The average molecular weight is 396 g/mol. The first kappa shape index (κ1) is 19.8. The van der Waals surface area contributed by atoms with Crippen LogP contribution in [0.15, 0.2) is 36.4 Å². The molecule has 2 aliphatic rings. The summed E-state index contributed by atoms with van der Waals surface area (Å²) >= 11 is 0. The lowest BCUT2D eigenvalue weighted by Gasteiger charge is -2.34. The molecule has 0 aliphatic carbocycles. The second-order valence-corrected chi connectivity index (χ2v) is 7.79. The molecule has 2 fully saturated rings. The fourth-order valence-corrected chi connectivity index (χ4v) is 3.86. The number of carbonyl (C=O) groups is 1. The maximum atomic E-state index is 12.6. The molecule has 1 amide bonds. The van der Waals surface area contributed by atoms with E-state index in [1.54, 1.807) is 6.07 Å². The maximum absolute atomic E-state index is 12.6. The second kappa shape index (κ2) is 9.33. The molecule has 7 heteroatoms. The van der Waals surface area contributed by atoms with Gasteiger partial charge in [0.25, 0.3) is 5.91 Å². The topological polar surface area (TPSA) is 70.6 Å². The first-order valence-corrected chi connectivity index (χ1v) is 10.4. The molecule has 154 valence electrons. The van der Waals surface area contributed by atoms with Crippen LogP contribution in [-0.4, -0.2) is 66.2 Å². The van der Waals surface area contributed by atoms with Crippen LogP contribution in [0.4, 0.5) is 5.95 Å². The van der Waals surface area contributed by atoms with Crippen molar-refractivity contribution in [2.24, 2.45) is 0 Å². The Balaban J connectivity index is 1.34. The number of amides is 1. The number of hydrogen-bond donors (Lipinski definition) is 1. The Morgan fingerprint density at radius 1 is 1.17 bits per heavy atom. The van der Waals surface area contributed by atoms with Gasteiger partial charge in [0.15, 0.2) is 0 Å². The molecule has 4 rings (SSSR count). The minimum absolute atomic E-state index is 0.124. The van der Waals surface area contributed by atoms with Gasteiger partial charge in [0.1, 0.15) is 5.69 Å². The van der Waals surface area contributed by atoms with Crippen LogP contribution in [0.25, 0.3) is 0 Å². The Bertz CT molecular complexity index is 815. The summed E-state index contributed by atoms with van der Waals surface area (Å²) in [5.74, 6) is 0.488. The number of rotatable bonds is 6. The molecule has 1 N–H and O–H groups in total. The normalized spacial score (nSPS) is 20.0. The van der Waals surface area contributed by atoms with E-state index in [4.69, 9.17) is 4.74 Å². The predicted octanol–water partition coefficient (Wildman–Crippen LogP) is 2.02. The third-order valence-corrected chi connectivity index (χ3v) is 5.49. The third kappa shape index (κ3) is 5.31. The third-order valence-electron chi connectivity index (χ3n) is 5.49. The minimum atomic E-state index is -0.157. The number of aromatic nitrogens is 2. The Kier molecular flexibility index (Phi) is 6.36. The van der Waals surface area contributed by atoms with Crippen LogP contribution in [0, 0.1) is 6.92 Å². The molecule has 29 heavy (non-hydrogen) atoms. The van der Waals surface area contributed by atoms with E-state index in [0.717, 1.165) is 57.9 Å². The molecule has 1 aromatic carbocycles. The number of anilines is 1. The van der Waals surface area contributed by atoms with Gasteiger partial charge in [-0.1, -0.05) is 30.3 Å². The van der Waals surface area contributed by atoms with Crippen LogP contribution in [0.3, 0.4) is 0 Å². The van der Waals surface area contributed by atoms with Gasteiger partial charge in [0, 0.05) is 51.6 Å². The molecule has 0 saturated carbocycles. The van der Waals surface area contributed by atoms with E-state index in [0.29, 0.717) is 18.2 Å². The van der Waals surface area contributed by atoms with Gasteiger partial charge in [-0.3, -0.25) is 9.69 Å². The first-order valence-electron chi connectivity index (χ1n) is 10.4. The fourth-order valence-electron chi connectivity index (χ4n) is 3.86. The van der Waals surface area contributed by atoms with E-state index in [9.17, 15) is 4.79 Å². The highest BCUT2D eigenvalue weighted by Gasteiger charge is 2.22. The van der Waals surface area contributed by atoms with Gasteiger partial charge >= 0.3 is 0 Å². The van der Waals surface area contributed by atoms with Gasteiger partial charge in [-0.25, -0.2) is 9.97 Å². The lowest BCUT2D eigenvalue weighted by atomic mass is 10.2. The predicted molar refractivity (Wildman–Crippen MR) is 112 cm³/mol. The molecule has 2 aliphatic heterocycles. The zero-order chi connectivity index (χ0) is 20.1. The lowest BCUT2D eigenvalue weighted by Crippen LogP contribution is -2.46. The molecule has 3 heterocycles. The van der Waals surface area contributed by atoms with Crippen LogP contribution in [0.1, 0.15) is 34.6 Å². The number of aryl methyl sites for hydroxylation is 1. The van der Waals surface area contributed by atoms with Gasteiger partial charge in [0.05, 0.1) is 6.10 Å². The zero-order valence-corrected chi connectivity index (χ0v) is 17.0. The van der Waals surface area contributed by atoms with Crippen LogP contribution >= 0.6 is 0 Å². The monoisotopic (exact) mass is 395 g/mol. The summed E-state index contributed by atoms with van der Waals surface area (Å²) in [5, 5.41) is 2.95. The fraction of sp³-hybridized carbons (Fsp3) is 0.500. The molecule has 2 aromatic rings. The quantitative estimate of drug-likeness (QED) is 0.807. The van der Waals surface area contributed by atoms with Crippen molar-refractivity contribution in [2.45, 2.75) is 32.4 Å². The van der Waals surface area contributed by atoms with Crippen molar-refractivity contribution in [3.05, 3.63) is 53.3 Å². The van der Waals surface area contributed by atoms with E-state index in [-0.39, 0.29) is 12.0 Å². The van der Waals surface area contributed by atoms with Crippen LogP contribution in [-0.2, 0) is 11.3 Å². The number of nitrogens with zero attached hydrogens (tertiary/aromatic N) is 4. The lowest BCUT2D eigenvalue weighted by molar-refractivity contribution is 0.0853. The summed E-state index contributed by atoms with van der Waals surface area (Å²) in [6, 6.07) is 12.3. The molecule has 0 spiro atoms. The molecule has 1 aromatic heterocycles. The molecule has 0 bridgehead atoms. The van der Waals surface area contributed by atoms with Crippen molar-refractivity contribution in [3.63, 3.8) is 0 Å². The number of nitrogens with one attached hydrogen (secondary N) is 1. The van der Waals surface area contributed by atoms with Gasteiger partial charge in [-0.15, -0.1) is 0 Å².